The van der Waals surface area contributed by atoms with E-state index >= 15 is 0 Å². The molecule has 3 aromatic carbocycles. The highest BCUT2D eigenvalue weighted by atomic mass is 32.1. The maximum Gasteiger partial charge on any atom is 0.270 e. The Kier molecular flexibility index (Phi) is 5.10. The lowest BCUT2D eigenvalue weighted by atomic mass is 10.1. The van der Waals surface area contributed by atoms with Gasteiger partial charge in [-0.25, -0.2) is 4.99 Å². The van der Waals surface area contributed by atoms with Gasteiger partial charge in [0.2, 0.25) is 0 Å². The molecular weight excluding hydrogens is 382 g/mol. The van der Waals surface area contributed by atoms with Gasteiger partial charge in [-0.15, -0.1) is 11.3 Å². The molecule has 0 aliphatic carbocycles. The topological polar surface area (TPSA) is 60.4 Å². The second-order valence-corrected chi connectivity index (χ2v) is 7.67. The first kappa shape index (κ1) is 18.8. The van der Waals surface area contributed by atoms with Crippen LogP contribution in [0.15, 0.2) is 83.2 Å². The monoisotopic (exact) mass is 401 g/mol. The van der Waals surface area contributed by atoms with Crippen molar-refractivity contribution in [2.75, 3.05) is 0 Å². The smallest absolute Gasteiger partial charge is 0.270 e. The minimum Gasteiger partial charge on any atom is -0.285 e. The molecule has 0 saturated heterocycles. The summed E-state index contributed by atoms with van der Waals surface area (Å²) in [6.07, 6.45) is 0. The van der Waals surface area contributed by atoms with Gasteiger partial charge in [-0.1, -0.05) is 47.5 Å². The molecule has 5 nitrogen and oxygen atoms in total. The van der Waals surface area contributed by atoms with E-state index in [1.165, 1.54) is 28.5 Å². The van der Waals surface area contributed by atoms with Crippen LogP contribution >= 0.6 is 11.3 Å². The number of hydrogen-bond acceptors (Lipinski definition) is 4. The SMILES string of the molecule is Cc1ccc(N=c2scc(-c3cccc([N+](=O)[O-])c3)n2-c2ccc(C)cc2)cc1. The number of hydrogen-bond donors (Lipinski definition) is 0. The quantitative estimate of drug-likeness (QED) is 0.313. The lowest BCUT2D eigenvalue weighted by molar-refractivity contribution is -0.384. The first-order chi connectivity index (χ1) is 14.0. The van der Waals surface area contributed by atoms with Gasteiger partial charge in [0.1, 0.15) is 0 Å². The maximum absolute atomic E-state index is 11.2. The van der Waals surface area contributed by atoms with E-state index in [-0.39, 0.29) is 10.6 Å². The Morgan fingerprint density at radius 1 is 0.931 bits per heavy atom. The third kappa shape index (κ3) is 4.02. The summed E-state index contributed by atoms with van der Waals surface area (Å²) in [6, 6.07) is 22.9. The van der Waals surface area contributed by atoms with Crippen molar-refractivity contribution in [3.8, 4) is 16.9 Å². The highest BCUT2D eigenvalue weighted by Gasteiger charge is 2.13. The van der Waals surface area contributed by atoms with E-state index in [4.69, 9.17) is 4.99 Å². The van der Waals surface area contributed by atoms with Crippen LogP contribution in [-0.4, -0.2) is 9.49 Å². The summed E-state index contributed by atoms with van der Waals surface area (Å²) in [4.78, 5) is 16.5. The van der Waals surface area contributed by atoms with Crippen LogP contribution in [0.1, 0.15) is 11.1 Å². The van der Waals surface area contributed by atoms with Crippen LogP contribution < -0.4 is 4.80 Å². The average Bonchev–Trinajstić information content (AvgIpc) is 3.14. The number of rotatable bonds is 4. The summed E-state index contributed by atoms with van der Waals surface area (Å²) in [5.74, 6) is 0. The number of benzene rings is 3. The van der Waals surface area contributed by atoms with E-state index in [1.54, 1.807) is 12.1 Å². The number of thiazole rings is 1. The fraction of sp³-hybridized carbons (Fsp3) is 0.0870. The zero-order valence-corrected chi connectivity index (χ0v) is 16.9. The lowest BCUT2D eigenvalue weighted by Gasteiger charge is -2.10. The Morgan fingerprint density at radius 2 is 1.59 bits per heavy atom. The molecule has 4 rings (SSSR count). The molecule has 6 heteroatoms. The normalized spacial score (nSPS) is 11.6. The van der Waals surface area contributed by atoms with Gasteiger partial charge in [0, 0.05) is 28.8 Å². The third-order valence-corrected chi connectivity index (χ3v) is 5.44. The number of aryl methyl sites for hydroxylation is 2. The minimum absolute atomic E-state index is 0.0705. The molecule has 0 bridgehead atoms. The minimum atomic E-state index is -0.371. The van der Waals surface area contributed by atoms with Gasteiger partial charge in [0.15, 0.2) is 4.80 Å². The largest absolute Gasteiger partial charge is 0.285 e. The van der Waals surface area contributed by atoms with Gasteiger partial charge in [-0.2, -0.15) is 0 Å². The zero-order valence-electron chi connectivity index (χ0n) is 16.1. The van der Waals surface area contributed by atoms with Crippen molar-refractivity contribution in [3.05, 3.63) is 104 Å². The summed E-state index contributed by atoms with van der Waals surface area (Å²) in [6.45, 7) is 4.09. The molecule has 0 saturated carbocycles. The van der Waals surface area contributed by atoms with Crippen LogP contribution in [-0.2, 0) is 0 Å². The van der Waals surface area contributed by atoms with Crippen LogP contribution in [0.3, 0.4) is 0 Å². The van der Waals surface area contributed by atoms with Gasteiger partial charge in [-0.05, 0) is 38.1 Å². The van der Waals surface area contributed by atoms with Crippen molar-refractivity contribution in [2.24, 2.45) is 4.99 Å². The second kappa shape index (κ2) is 7.85. The Morgan fingerprint density at radius 3 is 2.24 bits per heavy atom. The third-order valence-electron chi connectivity index (χ3n) is 4.61. The van der Waals surface area contributed by atoms with E-state index in [1.807, 2.05) is 78.4 Å². The van der Waals surface area contributed by atoms with Gasteiger partial charge in [-0.3, -0.25) is 14.7 Å². The highest BCUT2D eigenvalue weighted by Crippen LogP contribution is 2.27. The summed E-state index contributed by atoms with van der Waals surface area (Å²) in [5, 5.41) is 13.2. The summed E-state index contributed by atoms with van der Waals surface area (Å²) < 4.78 is 2.04. The van der Waals surface area contributed by atoms with Gasteiger partial charge in [0.25, 0.3) is 5.69 Å². The molecule has 0 spiro atoms. The Balaban J connectivity index is 1.94. The van der Waals surface area contributed by atoms with E-state index in [9.17, 15) is 10.1 Å². The zero-order chi connectivity index (χ0) is 20.4. The Labute approximate surface area is 172 Å². The van der Waals surface area contributed by atoms with Crippen LogP contribution in [0.25, 0.3) is 16.9 Å². The molecule has 0 unspecified atom stereocenters. The first-order valence-electron chi connectivity index (χ1n) is 9.15. The molecule has 0 atom stereocenters. The van der Waals surface area contributed by atoms with Crippen LogP contribution in [0.5, 0.6) is 0 Å². The van der Waals surface area contributed by atoms with Crippen LogP contribution in [0, 0.1) is 24.0 Å². The van der Waals surface area contributed by atoms with Crippen molar-refractivity contribution in [3.63, 3.8) is 0 Å². The summed E-state index contributed by atoms with van der Waals surface area (Å²) in [7, 11) is 0. The molecular formula is C23H19N3O2S. The second-order valence-electron chi connectivity index (χ2n) is 6.83. The fourth-order valence-corrected chi connectivity index (χ4v) is 3.97. The van der Waals surface area contributed by atoms with Crippen LogP contribution in [0.4, 0.5) is 11.4 Å². The Hall–Kier alpha value is -3.51. The van der Waals surface area contributed by atoms with Crippen LogP contribution in [0.2, 0.25) is 0 Å². The molecule has 0 aliphatic heterocycles. The van der Waals surface area contributed by atoms with Crippen molar-refractivity contribution in [1.29, 1.82) is 0 Å². The highest BCUT2D eigenvalue weighted by molar-refractivity contribution is 7.07. The van der Waals surface area contributed by atoms with Crippen molar-refractivity contribution in [1.82, 2.24) is 4.57 Å². The maximum atomic E-state index is 11.2. The van der Waals surface area contributed by atoms with Gasteiger partial charge in [0.05, 0.1) is 16.3 Å². The van der Waals surface area contributed by atoms with Gasteiger partial charge >= 0.3 is 0 Å². The van der Waals surface area contributed by atoms with Crippen molar-refractivity contribution < 1.29 is 4.92 Å². The number of nitrogens with zero attached hydrogens (tertiary/aromatic N) is 3. The number of nitro groups is 1. The van der Waals surface area contributed by atoms with E-state index in [2.05, 4.69) is 0 Å². The van der Waals surface area contributed by atoms with E-state index in [0.29, 0.717) is 0 Å². The van der Waals surface area contributed by atoms with Gasteiger partial charge < -0.3 is 0 Å². The van der Waals surface area contributed by atoms with Crippen molar-refractivity contribution in [2.45, 2.75) is 13.8 Å². The summed E-state index contributed by atoms with van der Waals surface area (Å²) >= 11 is 1.51. The Bertz CT molecular complexity index is 1240. The predicted molar refractivity (Wildman–Crippen MR) is 117 cm³/mol. The molecule has 0 amide bonds. The average molecular weight is 401 g/mol. The lowest BCUT2D eigenvalue weighted by Crippen LogP contribution is -2.13. The predicted octanol–water partition coefficient (Wildman–Crippen LogP) is 5.96. The molecule has 0 N–H and O–H groups in total. The molecule has 0 fully saturated rings. The number of nitro benzene ring substituents is 1. The molecule has 0 radical (unpaired) electrons. The van der Waals surface area contributed by atoms with Crippen molar-refractivity contribution >= 4 is 22.7 Å². The molecule has 1 aromatic heterocycles. The molecule has 0 aliphatic rings. The fourth-order valence-electron chi connectivity index (χ4n) is 3.04. The molecule has 1 heterocycles. The standard InChI is InChI=1S/C23H19N3O2S/c1-16-6-10-19(11-7-16)24-23-25(20-12-8-17(2)9-13-20)22(15-29-23)18-4-3-5-21(14-18)26(27)28/h3-15H,1-2H3. The molecule has 4 aromatic rings. The van der Waals surface area contributed by atoms with E-state index in [0.717, 1.165) is 27.4 Å². The summed E-state index contributed by atoms with van der Waals surface area (Å²) in [5.41, 5.74) is 5.89. The molecule has 144 valence electrons. The first-order valence-corrected chi connectivity index (χ1v) is 10.0. The molecule has 29 heavy (non-hydrogen) atoms. The van der Waals surface area contributed by atoms with E-state index < -0.39 is 0 Å². The number of non-ortho nitro benzene ring substituents is 1. The number of aromatic nitrogens is 1.